The van der Waals surface area contributed by atoms with Crippen molar-refractivity contribution in [2.45, 2.75) is 19.9 Å². The van der Waals surface area contributed by atoms with Gasteiger partial charge in [0.2, 0.25) is 11.8 Å². The summed E-state index contributed by atoms with van der Waals surface area (Å²) in [5.41, 5.74) is 3.58. The summed E-state index contributed by atoms with van der Waals surface area (Å²) >= 11 is 0. The molecule has 0 radical (unpaired) electrons. The first-order valence-corrected chi connectivity index (χ1v) is 11.7. The standard InChI is InChI=1S/C26H34N4O2/c1-22-7-5-6-10-24(22)19-25(31)29-15-13-28(14-16-29)21-26(32)30-17-11-27(12-18-30)20-23-8-3-2-4-9-23/h2-10H,11-21H2,1H3. The second-order valence-electron chi connectivity index (χ2n) is 8.90. The molecule has 2 amide bonds. The Labute approximate surface area is 191 Å². The van der Waals surface area contributed by atoms with Crippen LogP contribution in [-0.2, 0) is 22.6 Å². The number of amides is 2. The Morgan fingerprint density at radius 3 is 1.91 bits per heavy atom. The molecule has 0 N–H and O–H groups in total. The first-order valence-electron chi connectivity index (χ1n) is 11.7. The van der Waals surface area contributed by atoms with Crippen molar-refractivity contribution < 1.29 is 9.59 Å². The Morgan fingerprint density at radius 2 is 1.25 bits per heavy atom. The second kappa shape index (κ2) is 10.7. The van der Waals surface area contributed by atoms with Crippen LogP contribution < -0.4 is 0 Å². The lowest BCUT2D eigenvalue weighted by molar-refractivity contribution is -0.136. The summed E-state index contributed by atoms with van der Waals surface area (Å²) in [4.78, 5) is 34.0. The molecule has 6 heteroatoms. The molecule has 2 aliphatic heterocycles. The van der Waals surface area contributed by atoms with Gasteiger partial charge < -0.3 is 9.80 Å². The zero-order chi connectivity index (χ0) is 22.3. The molecule has 0 bridgehead atoms. The summed E-state index contributed by atoms with van der Waals surface area (Å²) in [5.74, 6) is 0.392. The number of carbonyl (C=O) groups excluding carboxylic acids is 2. The van der Waals surface area contributed by atoms with Gasteiger partial charge in [-0.1, -0.05) is 54.6 Å². The van der Waals surface area contributed by atoms with E-state index in [4.69, 9.17) is 0 Å². The largest absolute Gasteiger partial charge is 0.340 e. The van der Waals surface area contributed by atoms with Crippen LogP contribution in [0.15, 0.2) is 54.6 Å². The van der Waals surface area contributed by atoms with E-state index < -0.39 is 0 Å². The Bertz CT molecular complexity index is 901. The van der Waals surface area contributed by atoms with Crippen molar-refractivity contribution in [3.8, 4) is 0 Å². The average molecular weight is 435 g/mol. The number of hydrogen-bond donors (Lipinski definition) is 0. The maximum atomic E-state index is 12.8. The zero-order valence-corrected chi connectivity index (χ0v) is 19.1. The SMILES string of the molecule is Cc1ccccc1CC(=O)N1CCN(CC(=O)N2CCN(Cc3ccccc3)CC2)CC1. The summed E-state index contributed by atoms with van der Waals surface area (Å²) in [6.45, 7) is 9.79. The van der Waals surface area contributed by atoms with E-state index in [9.17, 15) is 9.59 Å². The molecule has 6 nitrogen and oxygen atoms in total. The number of carbonyl (C=O) groups is 2. The molecule has 0 aliphatic carbocycles. The van der Waals surface area contributed by atoms with E-state index in [0.717, 1.165) is 56.9 Å². The predicted octanol–water partition coefficient (Wildman–Crippen LogP) is 2.03. The molecule has 2 saturated heterocycles. The van der Waals surface area contributed by atoms with Crippen LogP contribution >= 0.6 is 0 Å². The molecule has 0 unspecified atom stereocenters. The molecule has 2 aromatic carbocycles. The molecule has 2 aromatic rings. The van der Waals surface area contributed by atoms with Crippen LogP contribution in [-0.4, -0.2) is 90.3 Å². The fourth-order valence-electron chi connectivity index (χ4n) is 4.53. The number of nitrogens with zero attached hydrogens (tertiary/aromatic N) is 4. The number of piperazine rings is 2. The third-order valence-corrected chi connectivity index (χ3v) is 6.66. The maximum Gasteiger partial charge on any atom is 0.236 e. The van der Waals surface area contributed by atoms with Crippen molar-refractivity contribution in [2.75, 3.05) is 58.9 Å². The van der Waals surface area contributed by atoms with Gasteiger partial charge in [-0.3, -0.25) is 19.4 Å². The van der Waals surface area contributed by atoms with E-state index in [0.29, 0.717) is 26.1 Å². The fraction of sp³-hybridized carbons (Fsp3) is 0.462. The highest BCUT2D eigenvalue weighted by Gasteiger charge is 2.26. The second-order valence-corrected chi connectivity index (χ2v) is 8.90. The average Bonchev–Trinajstić information content (AvgIpc) is 2.82. The van der Waals surface area contributed by atoms with Crippen LogP contribution in [0.5, 0.6) is 0 Å². The number of benzene rings is 2. The fourth-order valence-corrected chi connectivity index (χ4v) is 4.53. The monoisotopic (exact) mass is 434 g/mol. The van der Waals surface area contributed by atoms with Gasteiger partial charge >= 0.3 is 0 Å². The molecule has 4 rings (SSSR count). The molecule has 0 aromatic heterocycles. The first-order chi connectivity index (χ1) is 15.6. The number of hydrogen-bond acceptors (Lipinski definition) is 4. The van der Waals surface area contributed by atoms with E-state index in [2.05, 4.69) is 34.1 Å². The molecule has 32 heavy (non-hydrogen) atoms. The molecular formula is C26H34N4O2. The topological polar surface area (TPSA) is 47.1 Å². The lowest BCUT2D eigenvalue weighted by atomic mass is 10.1. The molecule has 170 valence electrons. The Morgan fingerprint density at radius 1 is 0.688 bits per heavy atom. The summed E-state index contributed by atoms with van der Waals surface area (Å²) in [7, 11) is 0. The highest BCUT2D eigenvalue weighted by molar-refractivity contribution is 5.80. The molecule has 0 atom stereocenters. The van der Waals surface area contributed by atoms with Crippen LogP contribution in [0.4, 0.5) is 0 Å². The highest BCUT2D eigenvalue weighted by atomic mass is 16.2. The molecule has 2 aliphatic rings. The third kappa shape index (κ3) is 5.96. The van der Waals surface area contributed by atoms with Gasteiger partial charge in [-0.15, -0.1) is 0 Å². The molecular weight excluding hydrogens is 400 g/mol. The normalized spacial score (nSPS) is 18.0. The van der Waals surface area contributed by atoms with Gasteiger partial charge in [0.05, 0.1) is 13.0 Å². The Balaban J connectivity index is 1.17. The van der Waals surface area contributed by atoms with Crippen molar-refractivity contribution in [2.24, 2.45) is 0 Å². The molecule has 2 fully saturated rings. The Kier molecular flexibility index (Phi) is 7.55. The molecule has 0 saturated carbocycles. The van der Waals surface area contributed by atoms with E-state index in [1.54, 1.807) is 0 Å². The number of rotatable bonds is 6. The summed E-state index contributed by atoms with van der Waals surface area (Å²) < 4.78 is 0. The van der Waals surface area contributed by atoms with Crippen molar-refractivity contribution in [1.82, 2.24) is 19.6 Å². The number of aryl methyl sites for hydroxylation is 1. The molecule has 2 heterocycles. The third-order valence-electron chi connectivity index (χ3n) is 6.66. The van der Waals surface area contributed by atoms with E-state index in [-0.39, 0.29) is 11.8 Å². The lowest BCUT2D eigenvalue weighted by Gasteiger charge is -2.38. The van der Waals surface area contributed by atoms with E-state index >= 15 is 0 Å². The van der Waals surface area contributed by atoms with Crippen LogP contribution in [0.3, 0.4) is 0 Å². The Hall–Kier alpha value is -2.70. The van der Waals surface area contributed by atoms with Gasteiger partial charge in [0.15, 0.2) is 0 Å². The van der Waals surface area contributed by atoms with E-state index in [1.807, 2.05) is 47.1 Å². The lowest BCUT2D eigenvalue weighted by Crippen LogP contribution is -2.54. The van der Waals surface area contributed by atoms with Gasteiger partial charge in [0.1, 0.15) is 0 Å². The summed E-state index contributed by atoms with van der Waals surface area (Å²) in [6.07, 6.45) is 0.457. The smallest absolute Gasteiger partial charge is 0.236 e. The van der Waals surface area contributed by atoms with Gasteiger partial charge in [0.25, 0.3) is 0 Å². The van der Waals surface area contributed by atoms with Gasteiger partial charge in [-0.2, -0.15) is 0 Å². The minimum atomic E-state index is 0.180. The molecule has 0 spiro atoms. The minimum absolute atomic E-state index is 0.180. The summed E-state index contributed by atoms with van der Waals surface area (Å²) in [5, 5.41) is 0. The van der Waals surface area contributed by atoms with Crippen LogP contribution in [0, 0.1) is 6.92 Å². The maximum absolute atomic E-state index is 12.8. The van der Waals surface area contributed by atoms with Crippen molar-refractivity contribution in [3.63, 3.8) is 0 Å². The summed E-state index contributed by atoms with van der Waals surface area (Å²) in [6, 6.07) is 18.6. The van der Waals surface area contributed by atoms with Gasteiger partial charge in [-0.25, -0.2) is 0 Å². The van der Waals surface area contributed by atoms with Crippen LogP contribution in [0.25, 0.3) is 0 Å². The highest BCUT2D eigenvalue weighted by Crippen LogP contribution is 2.12. The predicted molar refractivity (Wildman–Crippen MR) is 126 cm³/mol. The van der Waals surface area contributed by atoms with Gasteiger partial charge in [-0.05, 0) is 23.6 Å². The van der Waals surface area contributed by atoms with Crippen LogP contribution in [0.2, 0.25) is 0 Å². The van der Waals surface area contributed by atoms with E-state index in [1.165, 1.54) is 5.56 Å². The minimum Gasteiger partial charge on any atom is -0.340 e. The van der Waals surface area contributed by atoms with Crippen LogP contribution in [0.1, 0.15) is 16.7 Å². The first kappa shape index (κ1) is 22.5. The quantitative estimate of drug-likeness (QED) is 0.698. The van der Waals surface area contributed by atoms with Crippen molar-refractivity contribution in [3.05, 3.63) is 71.3 Å². The van der Waals surface area contributed by atoms with Crippen molar-refractivity contribution in [1.29, 1.82) is 0 Å². The van der Waals surface area contributed by atoms with Gasteiger partial charge in [0, 0.05) is 58.9 Å². The zero-order valence-electron chi connectivity index (χ0n) is 19.1. The van der Waals surface area contributed by atoms with Crippen molar-refractivity contribution >= 4 is 11.8 Å².